The van der Waals surface area contributed by atoms with Gasteiger partial charge in [0.1, 0.15) is 11.4 Å². The third-order valence-corrected chi connectivity index (χ3v) is 2.97. The second-order valence-electron chi connectivity index (χ2n) is 4.39. The standard InChI is InChI=1S/C13H17FN2O3/c1-3-13(2,11(17)18)16-12(19)15-8-9-6-4-5-7-10(9)14/h4-7H,3,8H2,1-2H3,(H,17,18)(H2,15,16,19). The lowest BCUT2D eigenvalue weighted by Gasteiger charge is -2.24. The third-order valence-electron chi connectivity index (χ3n) is 2.97. The van der Waals surface area contributed by atoms with E-state index in [0.717, 1.165) is 0 Å². The van der Waals surface area contributed by atoms with E-state index in [1.807, 2.05) is 0 Å². The topological polar surface area (TPSA) is 78.4 Å². The van der Waals surface area contributed by atoms with Crippen molar-refractivity contribution in [2.45, 2.75) is 32.4 Å². The minimum Gasteiger partial charge on any atom is -0.480 e. The average molecular weight is 268 g/mol. The van der Waals surface area contributed by atoms with Crippen LogP contribution in [0.5, 0.6) is 0 Å². The summed E-state index contributed by atoms with van der Waals surface area (Å²) in [5.41, 5.74) is -0.995. The van der Waals surface area contributed by atoms with Crippen LogP contribution < -0.4 is 10.6 Å². The van der Waals surface area contributed by atoms with Gasteiger partial charge in [-0.15, -0.1) is 0 Å². The summed E-state index contributed by atoms with van der Waals surface area (Å²) >= 11 is 0. The fourth-order valence-electron chi connectivity index (χ4n) is 1.41. The Morgan fingerprint density at radius 3 is 2.53 bits per heavy atom. The summed E-state index contributed by atoms with van der Waals surface area (Å²) in [7, 11) is 0. The summed E-state index contributed by atoms with van der Waals surface area (Å²) in [6, 6.07) is 5.41. The van der Waals surface area contributed by atoms with Crippen molar-refractivity contribution in [1.82, 2.24) is 10.6 Å². The van der Waals surface area contributed by atoms with Gasteiger partial charge < -0.3 is 15.7 Å². The molecule has 1 aromatic rings. The normalized spacial score (nSPS) is 13.4. The van der Waals surface area contributed by atoms with Crippen molar-refractivity contribution >= 4 is 12.0 Å². The monoisotopic (exact) mass is 268 g/mol. The molecule has 1 aromatic carbocycles. The summed E-state index contributed by atoms with van der Waals surface area (Å²) in [5, 5.41) is 13.8. The van der Waals surface area contributed by atoms with Crippen molar-refractivity contribution < 1.29 is 19.1 Å². The van der Waals surface area contributed by atoms with Gasteiger partial charge in [0.05, 0.1) is 0 Å². The molecule has 19 heavy (non-hydrogen) atoms. The highest BCUT2D eigenvalue weighted by atomic mass is 19.1. The first kappa shape index (κ1) is 14.9. The van der Waals surface area contributed by atoms with Gasteiger partial charge in [-0.05, 0) is 19.4 Å². The fraction of sp³-hybridized carbons (Fsp3) is 0.385. The number of aliphatic carboxylic acids is 1. The van der Waals surface area contributed by atoms with Gasteiger partial charge in [-0.2, -0.15) is 0 Å². The maximum absolute atomic E-state index is 13.3. The van der Waals surface area contributed by atoms with E-state index < -0.39 is 23.4 Å². The molecular weight excluding hydrogens is 251 g/mol. The quantitative estimate of drug-likeness (QED) is 0.763. The molecule has 0 saturated heterocycles. The molecule has 1 unspecified atom stereocenters. The first-order chi connectivity index (χ1) is 8.89. The Balaban J connectivity index is 2.57. The molecule has 0 aliphatic heterocycles. The summed E-state index contributed by atoms with van der Waals surface area (Å²) in [4.78, 5) is 22.6. The Hall–Kier alpha value is -2.11. The van der Waals surface area contributed by atoms with Gasteiger partial charge in [0, 0.05) is 12.1 Å². The number of urea groups is 1. The highest BCUT2D eigenvalue weighted by molar-refractivity contribution is 5.85. The minimum absolute atomic E-state index is 0.00206. The molecule has 0 aliphatic rings. The van der Waals surface area contributed by atoms with Crippen LogP contribution in [-0.2, 0) is 11.3 Å². The molecule has 0 spiro atoms. The molecule has 0 saturated carbocycles. The predicted octanol–water partition coefficient (Wildman–Crippen LogP) is 1.88. The number of nitrogens with one attached hydrogen (secondary N) is 2. The van der Waals surface area contributed by atoms with E-state index in [-0.39, 0.29) is 13.0 Å². The van der Waals surface area contributed by atoms with Crippen molar-refractivity contribution in [1.29, 1.82) is 0 Å². The summed E-state index contributed by atoms with van der Waals surface area (Å²) in [6.45, 7) is 3.07. The van der Waals surface area contributed by atoms with Gasteiger partial charge >= 0.3 is 12.0 Å². The van der Waals surface area contributed by atoms with Crippen molar-refractivity contribution in [2.24, 2.45) is 0 Å². The Morgan fingerprint density at radius 1 is 1.37 bits per heavy atom. The molecule has 0 bridgehead atoms. The lowest BCUT2D eigenvalue weighted by atomic mass is 10.00. The molecule has 1 rings (SSSR count). The van der Waals surface area contributed by atoms with Crippen LogP contribution in [0.4, 0.5) is 9.18 Å². The Bertz CT molecular complexity index is 479. The zero-order chi connectivity index (χ0) is 14.5. The van der Waals surface area contributed by atoms with Crippen LogP contribution in [0.25, 0.3) is 0 Å². The highest BCUT2D eigenvalue weighted by Crippen LogP contribution is 2.09. The van der Waals surface area contributed by atoms with E-state index in [1.54, 1.807) is 25.1 Å². The van der Waals surface area contributed by atoms with Crippen LogP contribution >= 0.6 is 0 Å². The van der Waals surface area contributed by atoms with Crippen LogP contribution in [0.15, 0.2) is 24.3 Å². The number of carbonyl (C=O) groups excluding carboxylic acids is 1. The van der Waals surface area contributed by atoms with Gasteiger partial charge in [-0.1, -0.05) is 25.1 Å². The van der Waals surface area contributed by atoms with E-state index in [4.69, 9.17) is 5.11 Å². The summed E-state index contributed by atoms with van der Waals surface area (Å²) < 4.78 is 13.3. The molecule has 104 valence electrons. The number of carbonyl (C=O) groups is 2. The van der Waals surface area contributed by atoms with Gasteiger partial charge in [0.15, 0.2) is 0 Å². The second kappa shape index (κ2) is 6.17. The smallest absolute Gasteiger partial charge is 0.329 e. The summed E-state index contributed by atoms with van der Waals surface area (Å²) in [6.07, 6.45) is 0.245. The molecule has 1 atom stereocenters. The number of benzene rings is 1. The zero-order valence-corrected chi connectivity index (χ0v) is 10.9. The highest BCUT2D eigenvalue weighted by Gasteiger charge is 2.32. The summed E-state index contributed by atoms with van der Waals surface area (Å²) in [5.74, 6) is -1.53. The van der Waals surface area contributed by atoms with E-state index in [0.29, 0.717) is 5.56 Å². The van der Waals surface area contributed by atoms with E-state index in [2.05, 4.69) is 10.6 Å². The Kier molecular flexibility index (Phi) is 4.86. The van der Waals surface area contributed by atoms with Crippen molar-refractivity contribution in [3.8, 4) is 0 Å². The van der Waals surface area contributed by atoms with Gasteiger partial charge in [-0.25, -0.2) is 14.0 Å². The molecule has 6 heteroatoms. The molecular formula is C13H17FN2O3. The molecule has 0 aliphatic carbocycles. The molecule has 0 radical (unpaired) electrons. The van der Waals surface area contributed by atoms with Crippen LogP contribution in [0.1, 0.15) is 25.8 Å². The molecule has 0 fully saturated rings. The van der Waals surface area contributed by atoms with Crippen molar-refractivity contribution in [3.63, 3.8) is 0 Å². The van der Waals surface area contributed by atoms with Crippen molar-refractivity contribution in [2.75, 3.05) is 0 Å². The number of carboxylic acid groups (broad SMARTS) is 1. The lowest BCUT2D eigenvalue weighted by Crippen LogP contribution is -2.54. The van der Waals surface area contributed by atoms with E-state index in [1.165, 1.54) is 13.0 Å². The lowest BCUT2D eigenvalue weighted by molar-refractivity contribution is -0.143. The Morgan fingerprint density at radius 2 is 2.00 bits per heavy atom. The number of rotatable bonds is 5. The molecule has 5 nitrogen and oxygen atoms in total. The van der Waals surface area contributed by atoms with E-state index in [9.17, 15) is 14.0 Å². The van der Waals surface area contributed by atoms with Crippen LogP contribution in [0.3, 0.4) is 0 Å². The van der Waals surface area contributed by atoms with Crippen molar-refractivity contribution in [3.05, 3.63) is 35.6 Å². The van der Waals surface area contributed by atoms with Crippen LogP contribution in [0, 0.1) is 5.82 Å². The first-order valence-electron chi connectivity index (χ1n) is 5.92. The third kappa shape index (κ3) is 3.94. The number of amides is 2. The minimum atomic E-state index is -1.33. The van der Waals surface area contributed by atoms with Crippen LogP contribution in [-0.4, -0.2) is 22.6 Å². The molecule has 0 heterocycles. The molecule has 3 N–H and O–H groups in total. The average Bonchev–Trinajstić information content (AvgIpc) is 2.37. The number of hydrogen-bond donors (Lipinski definition) is 3. The van der Waals surface area contributed by atoms with Crippen LogP contribution in [0.2, 0.25) is 0 Å². The molecule has 2 amide bonds. The molecule has 0 aromatic heterocycles. The van der Waals surface area contributed by atoms with E-state index >= 15 is 0 Å². The second-order valence-corrected chi connectivity index (χ2v) is 4.39. The predicted molar refractivity (Wildman–Crippen MR) is 68.1 cm³/mol. The SMILES string of the molecule is CCC(C)(NC(=O)NCc1ccccc1F)C(=O)O. The maximum atomic E-state index is 13.3. The number of hydrogen-bond acceptors (Lipinski definition) is 2. The van der Waals surface area contributed by atoms with Gasteiger partial charge in [-0.3, -0.25) is 0 Å². The van der Waals surface area contributed by atoms with Gasteiger partial charge in [0.25, 0.3) is 0 Å². The van der Waals surface area contributed by atoms with Gasteiger partial charge in [0.2, 0.25) is 0 Å². The zero-order valence-electron chi connectivity index (χ0n) is 10.9. The maximum Gasteiger partial charge on any atom is 0.329 e. The first-order valence-corrected chi connectivity index (χ1v) is 5.92. The fourth-order valence-corrected chi connectivity index (χ4v) is 1.41. The number of halogens is 1. The number of carboxylic acids is 1. The largest absolute Gasteiger partial charge is 0.480 e. The Labute approximate surface area is 110 Å².